The van der Waals surface area contributed by atoms with Crippen LogP contribution in [0.2, 0.25) is 0 Å². The van der Waals surface area contributed by atoms with E-state index in [-0.39, 0.29) is 0 Å². The molecule has 0 aliphatic carbocycles. The monoisotopic (exact) mass is 447 g/mol. The Morgan fingerprint density at radius 3 is 1.44 bits per heavy atom. The molecule has 1 rings (SSSR count). The Morgan fingerprint density at radius 1 is 0.656 bits per heavy atom. The number of primary amides is 1. The normalized spacial score (nSPS) is 10.7. The third-order valence-electron chi connectivity index (χ3n) is 5.63. The third-order valence-corrected chi connectivity index (χ3v) is 5.63. The fraction of sp³-hybridized carbons (Fsp3) is 0.692. The minimum Gasteiger partial charge on any atom is -0.449 e. The van der Waals surface area contributed by atoms with E-state index in [0.29, 0.717) is 18.0 Å². The molecule has 32 heavy (non-hydrogen) atoms. The highest BCUT2D eigenvalue weighted by molar-refractivity contribution is 5.89. The zero-order valence-electron chi connectivity index (χ0n) is 20.1. The van der Waals surface area contributed by atoms with E-state index < -0.39 is 12.1 Å². The lowest BCUT2D eigenvalue weighted by molar-refractivity contribution is 0.159. The highest BCUT2D eigenvalue weighted by Gasteiger charge is 2.03. The molecule has 0 aliphatic rings. The summed E-state index contributed by atoms with van der Waals surface area (Å²) in [6.07, 6.45) is 20.7. The second-order valence-electron chi connectivity index (χ2n) is 8.63. The van der Waals surface area contributed by atoms with Gasteiger partial charge in [0.05, 0.1) is 6.61 Å². The van der Waals surface area contributed by atoms with Gasteiger partial charge in [-0.1, -0.05) is 103 Å². The van der Waals surface area contributed by atoms with Crippen LogP contribution >= 0.6 is 0 Å². The molecule has 4 N–H and O–H groups in total. The molecule has 0 saturated carbocycles. The van der Waals surface area contributed by atoms with Crippen LogP contribution in [0.1, 0.15) is 110 Å². The van der Waals surface area contributed by atoms with Gasteiger partial charge in [0.15, 0.2) is 0 Å². The van der Waals surface area contributed by atoms with Gasteiger partial charge in [0.25, 0.3) is 0 Å². The molecular formula is C26H45N3O3. The SMILES string of the molecule is CCCCCCCCCCCCCCCCCCOC(=O)Nc1ccc(NC(N)=O)cc1. The first-order chi connectivity index (χ1) is 15.6. The van der Waals surface area contributed by atoms with E-state index in [2.05, 4.69) is 17.6 Å². The number of hydrogen-bond donors (Lipinski definition) is 3. The topological polar surface area (TPSA) is 93.4 Å². The van der Waals surface area contributed by atoms with E-state index in [0.717, 1.165) is 12.8 Å². The van der Waals surface area contributed by atoms with Gasteiger partial charge in [-0.25, -0.2) is 9.59 Å². The number of nitrogens with two attached hydrogens (primary N) is 1. The van der Waals surface area contributed by atoms with Crippen LogP contribution in [0.25, 0.3) is 0 Å². The standard InChI is InChI=1S/C26H45N3O3/c1-2-3-4-5-6-7-8-9-10-11-12-13-14-15-16-17-22-32-26(31)29-24-20-18-23(19-21-24)28-25(27)30/h18-21H,2-17,22H2,1H3,(H,29,31)(H3,27,28,30). The molecule has 0 fully saturated rings. The average molecular weight is 448 g/mol. The molecule has 1 aromatic carbocycles. The van der Waals surface area contributed by atoms with Gasteiger partial charge in [0, 0.05) is 11.4 Å². The lowest BCUT2D eigenvalue weighted by Crippen LogP contribution is -2.19. The molecule has 182 valence electrons. The Morgan fingerprint density at radius 2 is 1.03 bits per heavy atom. The van der Waals surface area contributed by atoms with Gasteiger partial charge in [-0.3, -0.25) is 5.32 Å². The molecule has 0 aromatic heterocycles. The summed E-state index contributed by atoms with van der Waals surface area (Å²) in [6.45, 7) is 2.71. The van der Waals surface area contributed by atoms with E-state index in [9.17, 15) is 9.59 Å². The van der Waals surface area contributed by atoms with Crippen LogP contribution in [0, 0.1) is 0 Å². The lowest BCUT2D eigenvalue weighted by atomic mass is 10.0. The zero-order valence-corrected chi connectivity index (χ0v) is 20.1. The van der Waals surface area contributed by atoms with Crippen molar-refractivity contribution in [2.45, 2.75) is 110 Å². The smallest absolute Gasteiger partial charge is 0.411 e. The molecule has 0 spiro atoms. The number of amides is 3. The Bertz CT molecular complexity index is 605. The first-order valence-corrected chi connectivity index (χ1v) is 12.7. The molecule has 6 heteroatoms. The summed E-state index contributed by atoms with van der Waals surface area (Å²) < 4.78 is 5.22. The second-order valence-corrected chi connectivity index (χ2v) is 8.63. The van der Waals surface area contributed by atoms with E-state index in [1.54, 1.807) is 24.3 Å². The fourth-order valence-corrected chi connectivity index (χ4v) is 3.75. The molecule has 0 bridgehead atoms. The lowest BCUT2D eigenvalue weighted by Gasteiger charge is -2.08. The molecule has 3 amide bonds. The predicted octanol–water partition coefficient (Wildman–Crippen LogP) is 7.99. The van der Waals surface area contributed by atoms with Crippen molar-refractivity contribution in [3.05, 3.63) is 24.3 Å². The summed E-state index contributed by atoms with van der Waals surface area (Å²) in [7, 11) is 0. The molecule has 0 atom stereocenters. The van der Waals surface area contributed by atoms with Crippen LogP contribution in [-0.4, -0.2) is 18.7 Å². The molecule has 0 saturated heterocycles. The molecule has 0 unspecified atom stereocenters. The predicted molar refractivity (Wildman–Crippen MR) is 134 cm³/mol. The first kappa shape index (κ1) is 27.8. The number of ether oxygens (including phenoxy) is 1. The number of carbonyl (C=O) groups is 2. The van der Waals surface area contributed by atoms with Gasteiger partial charge < -0.3 is 15.8 Å². The molecule has 0 heterocycles. The van der Waals surface area contributed by atoms with Crippen molar-refractivity contribution in [1.29, 1.82) is 0 Å². The molecule has 0 radical (unpaired) electrons. The number of urea groups is 1. The van der Waals surface area contributed by atoms with Crippen LogP contribution in [0.15, 0.2) is 24.3 Å². The van der Waals surface area contributed by atoms with Crippen LogP contribution in [-0.2, 0) is 4.74 Å². The van der Waals surface area contributed by atoms with Crippen molar-refractivity contribution in [1.82, 2.24) is 0 Å². The molecule has 6 nitrogen and oxygen atoms in total. The van der Waals surface area contributed by atoms with Gasteiger partial charge >= 0.3 is 12.1 Å². The van der Waals surface area contributed by atoms with E-state index >= 15 is 0 Å². The fourth-order valence-electron chi connectivity index (χ4n) is 3.75. The van der Waals surface area contributed by atoms with Crippen molar-refractivity contribution in [2.75, 3.05) is 17.2 Å². The Hall–Kier alpha value is -2.24. The average Bonchev–Trinajstić information content (AvgIpc) is 2.77. The van der Waals surface area contributed by atoms with Crippen molar-refractivity contribution >= 4 is 23.5 Å². The number of unbranched alkanes of at least 4 members (excludes halogenated alkanes) is 15. The number of anilines is 2. The third kappa shape index (κ3) is 16.5. The maximum Gasteiger partial charge on any atom is 0.411 e. The summed E-state index contributed by atoms with van der Waals surface area (Å²) in [5, 5.41) is 5.14. The summed E-state index contributed by atoms with van der Waals surface area (Å²) in [4.78, 5) is 22.6. The summed E-state index contributed by atoms with van der Waals surface area (Å²) in [6, 6.07) is 6.07. The molecular weight excluding hydrogens is 402 g/mol. The maximum atomic E-state index is 11.8. The van der Waals surface area contributed by atoms with Gasteiger partial charge in [0.1, 0.15) is 0 Å². The highest BCUT2D eigenvalue weighted by atomic mass is 16.5. The van der Waals surface area contributed by atoms with E-state index in [1.165, 1.54) is 89.9 Å². The number of hydrogen-bond acceptors (Lipinski definition) is 3. The van der Waals surface area contributed by atoms with Gasteiger partial charge in [-0.05, 0) is 30.7 Å². The van der Waals surface area contributed by atoms with Gasteiger partial charge in [-0.15, -0.1) is 0 Å². The second kappa shape index (κ2) is 19.4. The van der Waals surface area contributed by atoms with Crippen molar-refractivity contribution in [2.24, 2.45) is 5.73 Å². The Balaban J connectivity index is 1.85. The first-order valence-electron chi connectivity index (χ1n) is 12.7. The van der Waals surface area contributed by atoms with Crippen LogP contribution in [0.5, 0.6) is 0 Å². The van der Waals surface area contributed by atoms with Crippen LogP contribution in [0.3, 0.4) is 0 Å². The molecule has 1 aromatic rings. The van der Waals surface area contributed by atoms with Crippen molar-refractivity contribution in [3.8, 4) is 0 Å². The number of nitrogens with one attached hydrogen (secondary N) is 2. The van der Waals surface area contributed by atoms with E-state index in [1.807, 2.05) is 0 Å². The molecule has 0 aliphatic heterocycles. The summed E-state index contributed by atoms with van der Waals surface area (Å²) in [5.74, 6) is 0. The summed E-state index contributed by atoms with van der Waals surface area (Å²) in [5.41, 5.74) is 6.24. The van der Waals surface area contributed by atoms with E-state index in [4.69, 9.17) is 10.5 Å². The number of carbonyl (C=O) groups excluding carboxylic acids is 2. The minimum atomic E-state index is -0.621. The summed E-state index contributed by atoms with van der Waals surface area (Å²) >= 11 is 0. The largest absolute Gasteiger partial charge is 0.449 e. The number of benzene rings is 1. The van der Waals surface area contributed by atoms with Crippen molar-refractivity contribution < 1.29 is 14.3 Å². The van der Waals surface area contributed by atoms with Crippen LogP contribution in [0.4, 0.5) is 21.0 Å². The Kier molecular flexibility index (Phi) is 16.9. The van der Waals surface area contributed by atoms with Crippen molar-refractivity contribution in [3.63, 3.8) is 0 Å². The van der Waals surface area contributed by atoms with Gasteiger partial charge in [0.2, 0.25) is 0 Å². The zero-order chi connectivity index (χ0) is 23.3. The quantitative estimate of drug-likeness (QED) is 0.188. The number of rotatable bonds is 19. The maximum absolute atomic E-state index is 11.8. The Labute approximate surface area is 195 Å². The highest BCUT2D eigenvalue weighted by Crippen LogP contribution is 2.15. The minimum absolute atomic E-state index is 0.436. The van der Waals surface area contributed by atoms with Crippen LogP contribution < -0.4 is 16.4 Å². The van der Waals surface area contributed by atoms with Gasteiger partial charge in [-0.2, -0.15) is 0 Å².